The minimum atomic E-state index is -4.85. The van der Waals surface area contributed by atoms with E-state index < -0.39 is 47.8 Å². The number of amides is 1. The third-order valence-electron chi connectivity index (χ3n) is 7.63. The van der Waals surface area contributed by atoms with Gasteiger partial charge in [-0.05, 0) is 48.2 Å². The van der Waals surface area contributed by atoms with E-state index in [-0.39, 0.29) is 42.1 Å². The van der Waals surface area contributed by atoms with Crippen LogP contribution in [0.1, 0.15) is 35.7 Å². The maximum atomic E-state index is 14.2. The Morgan fingerprint density at radius 3 is 2.09 bits per heavy atom. The molecule has 3 aromatic carbocycles. The van der Waals surface area contributed by atoms with E-state index in [1.807, 2.05) is 6.07 Å². The van der Waals surface area contributed by atoms with Crippen LogP contribution in [-0.4, -0.2) is 39.8 Å². The van der Waals surface area contributed by atoms with E-state index in [4.69, 9.17) is 4.74 Å². The molecule has 0 spiro atoms. The molecule has 1 aliphatic rings. The van der Waals surface area contributed by atoms with Crippen LogP contribution in [0.15, 0.2) is 91.1 Å². The fraction of sp³-hybridized carbons (Fsp3) is 0.281. The highest BCUT2D eigenvalue weighted by atomic mass is 19.4. The number of rotatable bonds is 9. The molecule has 0 bridgehead atoms. The number of nitrogens with one attached hydrogen (secondary N) is 1. The van der Waals surface area contributed by atoms with Crippen LogP contribution in [0.3, 0.4) is 0 Å². The van der Waals surface area contributed by atoms with Crippen molar-refractivity contribution >= 4 is 23.3 Å². The molecular weight excluding hydrogens is 602 g/mol. The molecule has 4 aromatic rings. The fourth-order valence-electron chi connectivity index (χ4n) is 5.29. The summed E-state index contributed by atoms with van der Waals surface area (Å²) in [5.41, 5.74) is -0.703. The molecule has 0 aliphatic heterocycles. The van der Waals surface area contributed by atoms with Crippen molar-refractivity contribution in [3.63, 3.8) is 0 Å². The lowest BCUT2D eigenvalue weighted by Gasteiger charge is -2.38. The number of nitrogens with zero attached hydrogens (tertiary/aromatic N) is 3. The standard InChI is InChI=1S/C32H28F6N4O3/c1-41(29(43)22-16-23(17-22)30(44)45-19-20-8-4-2-5-9-20)27(31(33,34)35)21-12-14-24(15-13-21)40-26-18-39-42(28(26)32(36,37)38)25-10-6-3-7-11-25/h2-15,18,22-23,27,40H,16-17,19H2,1H3. The normalized spacial score (nSPS) is 17.2. The first-order valence-corrected chi connectivity index (χ1v) is 13.9. The van der Waals surface area contributed by atoms with Gasteiger partial charge in [-0.15, -0.1) is 0 Å². The summed E-state index contributed by atoms with van der Waals surface area (Å²) >= 11 is 0. The van der Waals surface area contributed by atoms with Gasteiger partial charge in [-0.2, -0.15) is 31.4 Å². The Balaban J connectivity index is 1.25. The lowest BCUT2D eigenvalue weighted by Crippen LogP contribution is -2.47. The van der Waals surface area contributed by atoms with Gasteiger partial charge in [0.1, 0.15) is 6.61 Å². The highest BCUT2D eigenvalue weighted by Gasteiger charge is 2.49. The number of alkyl halides is 6. The Hall–Kier alpha value is -4.81. The second-order valence-electron chi connectivity index (χ2n) is 10.8. The van der Waals surface area contributed by atoms with E-state index in [2.05, 4.69) is 10.4 Å². The van der Waals surface area contributed by atoms with Gasteiger partial charge in [-0.3, -0.25) is 9.59 Å². The van der Waals surface area contributed by atoms with Crippen molar-refractivity contribution < 1.29 is 40.7 Å². The van der Waals surface area contributed by atoms with Gasteiger partial charge in [0, 0.05) is 18.7 Å². The van der Waals surface area contributed by atoms with Gasteiger partial charge >= 0.3 is 18.3 Å². The van der Waals surface area contributed by atoms with Crippen molar-refractivity contribution in [2.24, 2.45) is 11.8 Å². The number of benzene rings is 3. The van der Waals surface area contributed by atoms with Gasteiger partial charge in [0.2, 0.25) is 5.91 Å². The molecule has 1 saturated carbocycles. The monoisotopic (exact) mass is 630 g/mol. The molecular formula is C32H28F6N4O3. The molecule has 1 aromatic heterocycles. The number of hydrogen-bond donors (Lipinski definition) is 1. The number of esters is 1. The molecule has 1 unspecified atom stereocenters. The lowest BCUT2D eigenvalue weighted by molar-refractivity contribution is -0.192. The molecule has 1 N–H and O–H groups in total. The quantitative estimate of drug-likeness (QED) is 0.154. The molecule has 236 valence electrons. The van der Waals surface area contributed by atoms with Crippen LogP contribution in [-0.2, 0) is 27.1 Å². The van der Waals surface area contributed by atoms with Gasteiger partial charge < -0.3 is 15.0 Å². The second kappa shape index (κ2) is 12.7. The Bertz CT molecular complexity index is 1620. The Kier molecular flexibility index (Phi) is 8.89. The van der Waals surface area contributed by atoms with Gasteiger partial charge in [0.15, 0.2) is 11.7 Å². The maximum Gasteiger partial charge on any atom is 0.435 e. The number of anilines is 2. The second-order valence-corrected chi connectivity index (χ2v) is 10.8. The third kappa shape index (κ3) is 7.13. The molecule has 7 nitrogen and oxygen atoms in total. The summed E-state index contributed by atoms with van der Waals surface area (Å²) in [6, 6.07) is 19.0. The topological polar surface area (TPSA) is 76.5 Å². The number of para-hydroxylation sites is 1. The van der Waals surface area contributed by atoms with E-state index in [0.717, 1.165) is 35.6 Å². The maximum absolute atomic E-state index is 14.2. The largest absolute Gasteiger partial charge is 0.461 e. The zero-order valence-electron chi connectivity index (χ0n) is 23.8. The summed E-state index contributed by atoms with van der Waals surface area (Å²) in [5, 5.41) is 6.44. The molecule has 0 radical (unpaired) electrons. The summed E-state index contributed by atoms with van der Waals surface area (Å²) in [6.45, 7) is 0.0581. The van der Waals surface area contributed by atoms with Crippen molar-refractivity contribution in [1.29, 1.82) is 0 Å². The summed E-state index contributed by atoms with van der Waals surface area (Å²) in [7, 11) is 1.04. The first-order valence-electron chi connectivity index (χ1n) is 13.9. The first-order chi connectivity index (χ1) is 21.3. The fourth-order valence-corrected chi connectivity index (χ4v) is 5.29. The van der Waals surface area contributed by atoms with E-state index in [9.17, 15) is 35.9 Å². The Morgan fingerprint density at radius 2 is 1.51 bits per heavy atom. The number of carbonyl (C=O) groups is 2. The molecule has 1 heterocycles. The number of carbonyl (C=O) groups excluding carboxylic acids is 2. The molecule has 0 saturated heterocycles. The smallest absolute Gasteiger partial charge is 0.435 e. The highest BCUT2D eigenvalue weighted by Crippen LogP contribution is 2.42. The third-order valence-corrected chi connectivity index (χ3v) is 7.63. The average Bonchev–Trinajstić information content (AvgIpc) is 3.41. The van der Waals surface area contributed by atoms with E-state index >= 15 is 0 Å². The molecule has 1 aliphatic carbocycles. The Morgan fingerprint density at radius 1 is 0.911 bits per heavy atom. The Labute approximate surface area is 254 Å². The van der Waals surface area contributed by atoms with Crippen LogP contribution in [0.5, 0.6) is 0 Å². The van der Waals surface area contributed by atoms with Gasteiger partial charge in [-0.25, -0.2) is 4.68 Å². The predicted octanol–water partition coefficient (Wildman–Crippen LogP) is 7.47. The van der Waals surface area contributed by atoms with E-state index in [1.165, 1.54) is 24.3 Å². The SMILES string of the molecule is CN(C(=O)C1CC(C(=O)OCc2ccccc2)C1)C(c1ccc(Nc2cnn(-c3ccccc3)c2C(F)(F)F)cc1)C(F)(F)F. The van der Waals surface area contributed by atoms with Crippen LogP contribution >= 0.6 is 0 Å². The molecule has 1 amide bonds. The van der Waals surface area contributed by atoms with Crippen LogP contribution in [0.25, 0.3) is 5.69 Å². The number of aromatic nitrogens is 2. The van der Waals surface area contributed by atoms with Crippen LogP contribution < -0.4 is 5.32 Å². The van der Waals surface area contributed by atoms with Gasteiger partial charge in [-0.1, -0.05) is 60.7 Å². The van der Waals surface area contributed by atoms with Gasteiger partial charge in [0.25, 0.3) is 0 Å². The average molecular weight is 631 g/mol. The first kappa shape index (κ1) is 31.6. The molecule has 5 rings (SSSR count). The van der Waals surface area contributed by atoms with Crippen molar-refractivity contribution in [1.82, 2.24) is 14.7 Å². The summed E-state index contributed by atoms with van der Waals surface area (Å²) in [4.78, 5) is 26.0. The van der Waals surface area contributed by atoms with Gasteiger partial charge in [0.05, 0.1) is 23.5 Å². The molecule has 45 heavy (non-hydrogen) atoms. The van der Waals surface area contributed by atoms with E-state index in [1.54, 1.807) is 42.5 Å². The number of halogens is 6. The minimum absolute atomic E-state index is 0.0581. The van der Waals surface area contributed by atoms with Crippen LogP contribution in [0, 0.1) is 11.8 Å². The minimum Gasteiger partial charge on any atom is -0.461 e. The van der Waals surface area contributed by atoms with Crippen LogP contribution in [0.4, 0.5) is 37.7 Å². The van der Waals surface area contributed by atoms with E-state index in [0.29, 0.717) is 4.90 Å². The van der Waals surface area contributed by atoms with Crippen molar-refractivity contribution in [2.45, 2.75) is 37.8 Å². The summed E-state index contributed by atoms with van der Waals surface area (Å²) in [5.74, 6) is -2.64. The van der Waals surface area contributed by atoms with Crippen LogP contribution in [0.2, 0.25) is 0 Å². The number of hydrogen-bond acceptors (Lipinski definition) is 5. The van der Waals surface area contributed by atoms with Crippen molar-refractivity contribution in [2.75, 3.05) is 12.4 Å². The van der Waals surface area contributed by atoms with Crippen molar-refractivity contribution in [3.8, 4) is 5.69 Å². The highest BCUT2D eigenvalue weighted by molar-refractivity contribution is 5.84. The molecule has 1 atom stereocenters. The number of ether oxygens (including phenoxy) is 1. The summed E-state index contributed by atoms with van der Waals surface area (Å²) in [6.07, 6.45) is -8.52. The zero-order chi connectivity index (χ0) is 32.4. The summed E-state index contributed by atoms with van der Waals surface area (Å²) < 4.78 is 90.7. The lowest BCUT2D eigenvalue weighted by atomic mass is 9.74. The zero-order valence-corrected chi connectivity index (χ0v) is 23.8. The van der Waals surface area contributed by atoms with Crippen molar-refractivity contribution in [3.05, 3.63) is 108 Å². The molecule has 1 fully saturated rings. The predicted molar refractivity (Wildman–Crippen MR) is 152 cm³/mol. The molecule has 13 heteroatoms.